The topological polar surface area (TPSA) is 28.7 Å². The van der Waals surface area contributed by atoms with Crippen molar-refractivity contribution in [2.45, 2.75) is 6.42 Å². The second-order valence-corrected chi connectivity index (χ2v) is 2.00. The van der Waals surface area contributed by atoms with Crippen LogP contribution in [0, 0.1) is 0 Å². The lowest BCUT2D eigenvalue weighted by molar-refractivity contribution is 1.08. The molecule has 4 heteroatoms. The highest BCUT2D eigenvalue weighted by molar-refractivity contribution is 7.80. The number of nitrogens with one attached hydrogen (secondary N) is 1. The van der Waals surface area contributed by atoms with Crippen molar-refractivity contribution in [3.63, 3.8) is 0 Å². The highest BCUT2D eigenvalue weighted by atomic mass is 35.5. The average molecular weight is 165 g/mol. The highest BCUT2D eigenvalue weighted by Gasteiger charge is 1.87. The molecule has 1 N–H and O–H groups in total. The van der Waals surface area contributed by atoms with Crippen LogP contribution in [-0.2, 0) is 6.42 Å². The van der Waals surface area contributed by atoms with E-state index in [0.717, 1.165) is 17.9 Å². The number of halogens is 1. The minimum Gasteiger partial charge on any atom is -0.348 e. The molecule has 0 amide bonds. The Labute approximate surface area is 65.9 Å². The Bertz CT molecular complexity index is 141. The lowest BCUT2D eigenvalue weighted by atomic mass is 10.4. The van der Waals surface area contributed by atoms with Gasteiger partial charge < -0.3 is 4.98 Å². The fourth-order valence-corrected chi connectivity index (χ4v) is 0.783. The third-order valence-electron chi connectivity index (χ3n) is 0.936. The Hall–Kier alpha value is -0.150. The van der Waals surface area contributed by atoms with E-state index in [-0.39, 0.29) is 12.4 Å². The van der Waals surface area contributed by atoms with Gasteiger partial charge in [0.05, 0.1) is 6.33 Å². The van der Waals surface area contributed by atoms with Crippen molar-refractivity contribution < 1.29 is 0 Å². The maximum absolute atomic E-state index is 4.06. The molecule has 0 aromatic carbocycles. The first-order chi connectivity index (χ1) is 3.93. The van der Waals surface area contributed by atoms with Crippen molar-refractivity contribution in [3.05, 3.63) is 18.2 Å². The maximum atomic E-state index is 4.06. The first-order valence-electron chi connectivity index (χ1n) is 2.51. The molecule has 0 aliphatic rings. The Morgan fingerprint density at radius 2 is 2.44 bits per heavy atom. The Kier molecular flexibility index (Phi) is 4.62. The van der Waals surface area contributed by atoms with Gasteiger partial charge in [0.15, 0.2) is 0 Å². The smallest absolute Gasteiger partial charge is 0.0921 e. The number of thiol groups is 1. The molecule has 0 radical (unpaired) electrons. The molecule has 0 saturated carbocycles. The van der Waals surface area contributed by atoms with Gasteiger partial charge in [-0.05, 0) is 12.2 Å². The molecular formula is C5H9ClN2S. The van der Waals surface area contributed by atoms with Crippen LogP contribution in [0.15, 0.2) is 12.5 Å². The molecule has 0 spiro atoms. The second-order valence-electron chi connectivity index (χ2n) is 1.55. The van der Waals surface area contributed by atoms with Crippen molar-refractivity contribution >= 4 is 25.0 Å². The third-order valence-corrected chi connectivity index (χ3v) is 1.16. The van der Waals surface area contributed by atoms with Gasteiger partial charge >= 0.3 is 0 Å². The molecule has 52 valence electrons. The molecular weight excluding hydrogens is 156 g/mol. The summed E-state index contributed by atoms with van der Waals surface area (Å²) in [5.74, 6) is 0.877. The molecule has 9 heavy (non-hydrogen) atoms. The fourth-order valence-electron chi connectivity index (χ4n) is 0.542. The van der Waals surface area contributed by atoms with Crippen LogP contribution in [0.2, 0.25) is 0 Å². The summed E-state index contributed by atoms with van der Waals surface area (Å²) in [7, 11) is 0. The van der Waals surface area contributed by atoms with E-state index in [0.29, 0.717) is 0 Å². The van der Waals surface area contributed by atoms with Gasteiger partial charge in [-0.2, -0.15) is 12.6 Å². The molecule has 0 aliphatic carbocycles. The molecule has 0 atom stereocenters. The van der Waals surface area contributed by atoms with Gasteiger partial charge in [0.2, 0.25) is 0 Å². The molecule has 0 fully saturated rings. The van der Waals surface area contributed by atoms with Gasteiger partial charge in [-0.15, -0.1) is 12.4 Å². The number of hydrogen-bond acceptors (Lipinski definition) is 2. The average Bonchev–Trinajstić information content (AvgIpc) is 2.19. The number of hydrogen-bond donors (Lipinski definition) is 2. The summed E-state index contributed by atoms with van der Waals surface area (Å²) < 4.78 is 0. The van der Waals surface area contributed by atoms with Crippen molar-refractivity contribution in [2.75, 3.05) is 5.75 Å². The molecule has 2 nitrogen and oxygen atoms in total. The summed E-state index contributed by atoms with van der Waals surface area (Å²) >= 11 is 4.06. The number of imidazole rings is 1. The number of aryl methyl sites for hydroxylation is 1. The molecule has 0 bridgehead atoms. The lowest BCUT2D eigenvalue weighted by Crippen LogP contribution is -1.83. The van der Waals surface area contributed by atoms with Crippen molar-refractivity contribution in [1.82, 2.24) is 9.97 Å². The van der Waals surface area contributed by atoms with Crippen LogP contribution in [0.4, 0.5) is 0 Å². The van der Waals surface area contributed by atoms with Crippen LogP contribution in [0.3, 0.4) is 0 Å². The summed E-state index contributed by atoms with van der Waals surface area (Å²) in [6, 6.07) is 0. The van der Waals surface area contributed by atoms with Crippen LogP contribution >= 0.6 is 25.0 Å². The van der Waals surface area contributed by atoms with Gasteiger partial charge in [-0.25, -0.2) is 4.98 Å². The summed E-state index contributed by atoms with van der Waals surface area (Å²) in [5, 5.41) is 0. The fraction of sp³-hybridized carbons (Fsp3) is 0.400. The molecule has 0 aliphatic heterocycles. The molecule has 1 heterocycles. The Morgan fingerprint density at radius 1 is 1.67 bits per heavy atom. The van der Waals surface area contributed by atoms with Crippen molar-refractivity contribution in [2.24, 2.45) is 0 Å². The normalized spacial score (nSPS) is 8.56. The predicted molar refractivity (Wildman–Crippen MR) is 43.4 cm³/mol. The molecule has 1 aromatic heterocycles. The Balaban J connectivity index is 0.000000640. The summed E-state index contributed by atoms with van der Waals surface area (Å²) in [5.41, 5.74) is 1.15. The van der Waals surface area contributed by atoms with E-state index < -0.39 is 0 Å². The zero-order valence-corrected chi connectivity index (χ0v) is 6.58. The molecule has 1 aromatic rings. The van der Waals surface area contributed by atoms with Gasteiger partial charge in [0, 0.05) is 11.9 Å². The predicted octanol–water partition coefficient (Wildman–Crippen LogP) is 1.30. The third kappa shape index (κ3) is 2.77. The largest absolute Gasteiger partial charge is 0.348 e. The number of aromatic amines is 1. The highest BCUT2D eigenvalue weighted by Crippen LogP contribution is 1.92. The monoisotopic (exact) mass is 164 g/mol. The van der Waals surface area contributed by atoms with Crippen LogP contribution in [0.25, 0.3) is 0 Å². The summed E-state index contributed by atoms with van der Waals surface area (Å²) in [6.45, 7) is 0. The first-order valence-corrected chi connectivity index (χ1v) is 3.15. The van der Waals surface area contributed by atoms with E-state index in [2.05, 4.69) is 22.6 Å². The van der Waals surface area contributed by atoms with Gasteiger partial charge in [-0.1, -0.05) is 0 Å². The van der Waals surface area contributed by atoms with Gasteiger partial charge in [0.25, 0.3) is 0 Å². The van der Waals surface area contributed by atoms with E-state index in [4.69, 9.17) is 0 Å². The second kappa shape index (κ2) is 4.70. The SMILES string of the molecule is Cl.SCCc1cnc[nH]1. The standard InChI is InChI=1S/C5H8N2S.ClH/c8-2-1-5-3-6-4-7-5;/h3-4,8H,1-2H2,(H,6,7);1H. The quantitative estimate of drug-likeness (QED) is 0.634. The zero-order valence-electron chi connectivity index (χ0n) is 4.87. The molecule has 0 saturated heterocycles. The molecule has 1 rings (SSSR count). The number of nitrogens with zero attached hydrogens (tertiary/aromatic N) is 1. The minimum atomic E-state index is 0. The minimum absolute atomic E-state index is 0. The van der Waals surface area contributed by atoms with Crippen LogP contribution in [0.1, 0.15) is 5.69 Å². The van der Waals surface area contributed by atoms with Crippen molar-refractivity contribution in [3.8, 4) is 0 Å². The number of H-pyrrole nitrogens is 1. The number of rotatable bonds is 2. The van der Waals surface area contributed by atoms with Gasteiger partial charge in [0.1, 0.15) is 0 Å². The maximum Gasteiger partial charge on any atom is 0.0921 e. The lowest BCUT2D eigenvalue weighted by Gasteiger charge is -1.85. The van der Waals surface area contributed by atoms with E-state index in [9.17, 15) is 0 Å². The van der Waals surface area contributed by atoms with Crippen LogP contribution < -0.4 is 0 Å². The van der Waals surface area contributed by atoms with Crippen LogP contribution in [0.5, 0.6) is 0 Å². The van der Waals surface area contributed by atoms with Crippen molar-refractivity contribution in [1.29, 1.82) is 0 Å². The Morgan fingerprint density at radius 3 is 2.89 bits per heavy atom. The van der Waals surface area contributed by atoms with E-state index >= 15 is 0 Å². The van der Waals surface area contributed by atoms with Gasteiger partial charge in [-0.3, -0.25) is 0 Å². The summed E-state index contributed by atoms with van der Waals surface area (Å²) in [4.78, 5) is 6.83. The summed E-state index contributed by atoms with van der Waals surface area (Å²) in [6.07, 6.45) is 4.47. The number of aromatic nitrogens is 2. The van der Waals surface area contributed by atoms with E-state index in [1.165, 1.54) is 0 Å². The van der Waals surface area contributed by atoms with E-state index in [1.807, 2.05) is 6.20 Å². The van der Waals surface area contributed by atoms with Crippen LogP contribution in [-0.4, -0.2) is 15.7 Å². The molecule has 0 unspecified atom stereocenters. The van der Waals surface area contributed by atoms with E-state index in [1.54, 1.807) is 6.33 Å². The zero-order chi connectivity index (χ0) is 5.82. The first kappa shape index (κ1) is 8.85.